The molecule has 0 unspecified atom stereocenters. The second-order valence-electron chi connectivity index (χ2n) is 7.38. The summed E-state index contributed by atoms with van der Waals surface area (Å²) in [6.07, 6.45) is 1.73. The summed E-state index contributed by atoms with van der Waals surface area (Å²) in [5.74, 6) is 0.545. The Balaban J connectivity index is 1.51. The molecule has 156 valence electrons. The zero-order chi connectivity index (χ0) is 21.3. The maximum Gasteiger partial charge on any atom is 0.264 e. The highest BCUT2D eigenvalue weighted by Crippen LogP contribution is 2.14. The molecule has 1 fully saturated rings. The van der Waals surface area contributed by atoms with Gasteiger partial charge in [-0.15, -0.1) is 0 Å². The molecule has 2 aromatic heterocycles. The van der Waals surface area contributed by atoms with Crippen LogP contribution in [0, 0.1) is 6.92 Å². The number of aromatic nitrogens is 4. The molecule has 9 nitrogen and oxygen atoms in total. The van der Waals surface area contributed by atoms with Crippen LogP contribution in [0.25, 0.3) is 16.7 Å². The summed E-state index contributed by atoms with van der Waals surface area (Å²) in [7, 11) is 0. The highest BCUT2D eigenvalue weighted by molar-refractivity contribution is 5.78. The molecule has 0 bridgehead atoms. The van der Waals surface area contributed by atoms with Crippen molar-refractivity contribution in [3.8, 4) is 5.69 Å². The van der Waals surface area contributed by atoms with E-state index in [1.165, 1.54) is 17.7 Å². The van der Waals surface area contributed by atoms with Crippen LogP contribution < -0.4 is 5.56 Å². The van der Waals surface area contributed by atoms with E-state index in [0.717, 1.165) is 5.69 Å². The Morgan fingerprint density at radius 2 is 1.70 bits per heavy atom. The first-order valence-corrected chi connectivity index (χ1v) is 9.99. The number of fused-ring (bicyclic) bond motifs is 1. The van der Waals surface area contributed by atoms with Gasteiger partial charge in [-0.2, -0.15) is 5.10 Å². The quantitative estimate of drug-likeness (QED) is 0.641. The first-order chi connectivity index (χ1) is 14.5. The molecule has 30 heavy (non-hydrogen) atoms. The molecule has 3 aromatic rings. The van der Waals surface area contributed by atoms with Gasteiger partial charge in [-0.25, -0.2) is 9.67 Å². The molecule has 0 atom stereocenters. The predicted octanol–water partition coefficient (Wildman–Crippen LogP) is 0.971. The number of aryl methyl sites for hydroxylation is 1. The van der Waals surface area contributed by atoms with E-state index in [4.69, 9.17) is 0 Å². The van der Waals surface area contributed by atoms with E-state index in [2.05, 4.69) is 10.1 Å². The van der Waals surface area contributed by atoms with Gasteiger partial charge in [0.2, 0.25) is 11.8 Å². The monoisotopic (exact) mass is 408 g/mol. The zero-order valence-corrected chi connectivity index (χ0v) is 17.1. The first kappa shape index (κ1) is 19.8. The molecule has 4 rings (SSSR count). The Bertz CT molecular complexity index is 1140. The molecule has 1 saturated heterocycles. The number of nitrogens with zero attached hydrogens (tertiary/aromatic N) is 6. The van der Waals surface area contributed by atoms with Crippen molar-refractivity contribution in [1.82, 2.24) is 29.1 Å². The summed E-state index contributed by atoms with van der Waals surface area (Å²) in [4.78, 5) is 45.1. The average Bonchev–Trinajstić information content (AvgIpc) is 3.18. The van der Waals surface area contributed by atoms with Crippen LogP contribution in [0.1, 0.15) is 19.2 Å². The van der Waals surface area contributed by atoms with Gasteiger partial charge in [0, 0.05) is 46.1 Å². The highest BCUT2D eigenvalue weighted by atomic mass is 16.2. The van der Waals surface area contributed by atoms with Crippen LogP contribution in [0.5, 0.6) is 0 Å². The van der Waals surface area contributed by atoms with Gasteiger partial charge in [0.05, 0.1) is 11.9 Å². The van der Waals surface area contributed by atoms with Crippen molar-refractivity contribution < 1.29 is 9.59 Å². The highest BCUT2D eigenvalue weighted by Gasteiger charge is 2.22. The number of carbonyl (C=O) groups excluding carboxylic acids is 2. The normalized spacial score (nSPS) is 14.3. The Hall–Kier alpha value is -3.49. The summed E-state index contributed by atoms with van der Waals surface area (Å²) < 4.78 is 3.18. The molecule has 1 aliphatic rings. The molecular weight excluding hydrogens is 384 g/mol. The van der Waals surface area contributed by atoms with E-state index < -0.39 is 0 Å². The lowest BCUT2D eigenvalue weighted by atomic mass is 10.2. The SMILES string of the molecule is CC(=O)N1CCN(C(=O)CCn2c(C)nc3c(cnn3-c3ccccc3)c2=O)CC1. The smallest absolute Gasteiger partial charge is 0.264 e. The molecule has 0 radical (unpaired) electrons. The third-order valence-corrected chi connectivity index (χ3v) is 5.51. The summed E-state index contributed by atoms with van der Waals surface area (Å²) >= 11 is 0. The van der Waals surface area contributed by atoms with Gasteiger partial charge >= 0.3 is 0 Å². The number of piperazine rings is 1. The van der Waals surface area contributed by atoms with Crippen molar-refractivity contribution in [1.29, 1.82) is 0 Å². The third-order valence-electron chi connectivity index (χ3n) is 5.51. The Labute approximate surface area is 173 Å². The fourth-order valence-electron chi connectivity index (χ4n) is 3.76. The van der Waals surface area contributed by atoms with Crippen LogP contribution in [0.15, 0.2) is 41.3 Å². The number of benzene rings is 1. The number of rotatable bonds is 4. The second-order valence-corrected chi connectivity index (χ2v) is 7.38. The van der Waals surface area contributed by atoms with Gasteiger partial charge < -0.3 is 9.80 Å². The average molecular weight is 408 g/mol. The van der Waals surface area contributed by atoms with Crippen molar-refractivity contribution in [3.05, 3.63) is 52.7 Å². The molecule has 0 spiro atoms. The van der Waals surface area contributed by atoms with Gasteiger partial charge in [0.1, 0.15) is 11.2 Å². The number of carbonyl (C=O) groups is 2. The number of para-hydroxylation sites is 1. The Morgan fingerprint density at radius 3 is 2.37 bits per heavy atom. The summed E-state index contributed by atoms with van der Waals surface area (Å²) in [5, 5.41) is 4.76. The molecule has 3 heterocycles. The molecule has 1 aliphatic heterocycles. The van der Waals surface area contributed by atoms with E-state index >= 15 is 0 Å². The minimum absolute atomic E-state index is 0.0235. The fraction of sp³-hybridized carbons (Fsp3) is 0.381. The maximum atomic E-state index is 13.0. The summed E-state index contributed by atoms with van der Waals surface area (Å²) in [5.41, 5.74) is 1.14. The molecule has 0 aliphatic carbocycles. The molecule has 1 aromatic carbocycles. The minimum Gasteiger partial charge on any atom is -0.339 e. The Kier molecular flexibility index (Phi) is 5.35. The number of hydrogen-bond donors (Lipinski definition) is 0. The van der Waals surface area contributed by atoms with Crippen LogP contribution in [-0.2, 0) is 16.1 Å². The van der Waals surface area contributed by atoms with E-state index in [1.807, 2.05) is 30.3 Å². The standard InChI is InChI=1S/C21H24N6O3/c1-15-23-20-18(14-22-27(20)17-6-4-3-5-7-17)21(30)26(15)9-8-19(29)25-12-10-24(11-13-25)16(2)28/h3-7,14H,8-13H2,1-2H3. The molecule has 0 saturated carbocycles. The molecular formula is C21H24N6O3. The van der Waals surface area contributed by atoms with E-state index in [-0.39, 0.29) is 30.3 Å². The van der Waals surface area contributed by atoms with E-state index in [0.29, 0.717) is 43.0 Å². The van der Waals surface area contributed by atoms with Crippen LogP contribution in [0.2, 0.25) is 0 Å². The van der Waals surface area contributed by atoms with Crippen molar-refractivity contribution in [2.75, 3.05) is 26.2 Å². The largest absolute Gasteiger partial charge is 0.339 e. The van der Waals surface area contributed by atoms with Crippen LogP contribution in [0.3, 0.4) is 0 Å². The van der Waals surface area contributed by atoms with Crippen LogP contribution >= 0.6 is 0 Å². The van der Waals surface area contributed by atoms with Crippen molar-refractivity contribution in [2.45, 2.75) is 26.8 Å². The minimum atomic E-state index is -0.200. The van der Waals surface area contributed by atoms with E-state index in [1.54, 1.807) is 21.4 Å². The maximum absolute atomic E-state index is 13.0. The van der Waals surface area contributed by atoms with E-state index in [9.17, 15) is 14.4 Å². The predicted molar refractivity (Wildman–Crippen MR) is 111 cm³/mol. The van der Waals surface area contributed by atoms with Gasteiger partial charge in [-0.1, -0.05) is 18.2 Å². The lowest BCUT2D eigenvalue weighted by Gasteiger charge is -2.34. The van der Waals surface area contributed by atoms with Gasteiger partial charge in [0.25, 0.3) is 5.56 Å². The van der Waals surface area contributed by atoms with Gasteiger partial charge in [-0.3, -0.25) is 19.0 Å². The molecule has 0 N–H and O–H groups in total. The van der Waals surface area contributed by atoms with Crippen LogP contribution in [-0.4, -0.2) is 67.1 Å². The summed E-state index contributed by atoms with van der Waals surface area (Å²) in [6.45, 7) is 5.70. The Morgan fingerprint density at radius 1 is 1.03 bits per heavy atom. The van der Waals surface area contributed by atoms with Gasteiger partial charge in [0.15, 0.2) is 5.65 Å². The first-order valence-electron chi connectivity index (χ1n) is 9.99. The number of amides is 2. The van der Waals surface area contributed by atoms with Crippen LogP contribution in [0.4, 0.5) is 0 Å². The second kappa shape index (κ2) is 8.10. The topological polar surface area (TPSA) is 93.3 Å². The van der Waals surface area contributed by atoms with Crippen molar-refractivity contribution in [2.24, 2.45) is 0 Å². The lowest BCUT2D eigenvalue weighted by molar-refractivity contribution is -0.138. The fourth-order valence-corrected chi connectivity index (χ4v) is 3.76. The van der Waals surface area contributed by atoms with Crippen molar-refractivity contribution >= 4 is 22.8 Å². The van der Waals surface area contributed by atoms with Crippen molar-refractivity contribution in [3.63, 3.8) is 0 Å². The lowest BCUT2D eigenvalue weighted by Crippen LogP contribution is -2.50. The summed E-state index contributed by atoms with van der Waals surface area (Å²) in [6, 6.07) is 9.52. The third kappa shape index (κ3) is 3.70. The molecule has 9 heteroatoms. The zero-order valence-electron chi connectivity index (χ0n) is 17.1. The number of hydrogen-bond acceptors (Lipinski definition) is 5. The van der Waals surface area contributed by atoms with Gasteiger partial charge in [-0.05, 0) is 19.1 Å². The molecule has 2 amide bonds.